The van der Waals surface area contributed by atoms with Gasteiger partial charge in [0.2, 0.25) is 12.5 Å². The Morgan fingerprint density at radius 1 is 1.19 bits per heavy atom. The van der Waals surface area contributed by atoms with Crippen LogP contribution in [-0.4, -0.2) is 38.2 Å². The van der Waals surface area contributed by atoms with Gasteiger partial charge in [0.15, 0.2) is 11.5 Å². The molecule has 2 atom stereocenters. The maximum Gasteiger partial charge on any atom is 0.231 e. The Kier molecular flexibility index (Phi) is 4.55. The molecule has 2 heterocycles. The van der Waals surface area contributed by atoms with Gasteiger partial charge in [0.1, 0.15) is 6.29 Å². The van der Waals surface area contributed by atoms with Crippen LogP contribution in [0.15, 0.2) is 36.4 Å². The van der Waals surface area contributed by atoms with E-state index in [-0.39, 0.29) is 12.8 Å². The summed E-state index contributed by atoms with van der Waals surface area (Å²) in [6.45, 7) is 3.59. The van der Waals surface area contributed by atoms with E-state index in [0.29, 0.717) is 24.0 Å². The average molecular weight is 353 g/mol. The van der Waals surface area contributed by atoms with Crippen molar-refractivity contribution in [1.82, 2.24) is 4.90 Å². The summed E-state index contributed by atoms with van der Waals surface area (Å²) in [5.41, 5.74) is 3.66. The minimum absolute atomic E-state index is 0.225. The Morgan fingerprint density at radius 3 is 2.73 bits per heavy atom. The van der Waals surface area contributed by atoms with Gasteiger partial charge in [-0.25, -0.2) is 0 Å². The number of methoxy groups -OCH3 is 1. The van der Waals surface area contributed by atoms with Crippen LogP contribution in [0.5, 0.6) is 17.2 Å². The second-order valence-electron chi connectivity index (χ2n) is 6.94. The maximum absolute atomic E-state index is 11.2. The average Bonchev–Trinajstić information content (AvgIpc) is 3.29. The first kappa shape index (κ1) is 16.9. The Bertz CT molecular complexity index is 802. The molecule has 5 heteroatoms. The van der Waals surface area contributed by atoms with Crippen LogP contribution in [-0.2, 0) is 4.79 Å². The highest BCUT2D eigenvalue weighted by molar-refractivity contribution is 5.56. The van der Waals surface area contributed by atoms with Crippen LogP contribution in [0.25, 0.3) is 0 Å². The number of fused-ring (bicyclic) bond motifs is 1. The van der Waals surface area contributed by atoms with Gasteiger partial charge >= 0.3 is 0 Å². The molecule has 26 heavy (non-hydrogen) atoms. The largest absolute Gasteiger partial charge is 0.493 e. The molecule has 2 aromatic rings. The van der Waals surface area contributed by atoms with Gasteiger partial charge in [-0.3, -0.25) is 4.90 Å². The lowest BCUT2D eigenvalue weighted by Gasteiger charge is -2.22. The summed E-state index contributed by atoms with van der Waals surface area (Å²) in [5, 5.41) is 0. The number of hydrogen-bond donors (Lipinski definition) is 0. The van der Waals surface area contributed by atoms with E-state index in [4.69, 9.17) is 14.2 Å². The molecule has 136 valence electrons. The van der Waals surface area contributed by atoms with Crippen molar-refractivity contribution in [2.45, 2.75) is 25.3 Å². The standard InChI is InChI=1S/C21H23NO4/c1-14-3-5-15(6-4-14)18-9-17(12-22(18)7-8-23)16-10-19(24-2)21-20(11-16)25-13-26-21/h3-6,8,10-11,17-18H,7,9,12-13H2,1-2H3/t17?,18-/m1/s1. The summed E-state index contributed by atoms with van der Waals surface area (Å²) in [4.78, 5) is 13.4. The molecule has 1 saturated heterocycles. The number of carbonyl (C=O) groups is 1. The van der Waals surface area contributed by atoms with Crippen molar-refractivity contribution in [3.8, 4) is 17.2 Å². The predicted octanol–water partition coefficient (Wildman–Crippen LogP) is 3.46. The second-order valence-corrected chi connectivity index (χ2v) is 6.94. The number of hydrogen-bond acceptors (Lipinski definition) is 5. The van der Waals surface area contributed by atoms with Crippen LogP contribution in [0.3, 0.4) is 0 Å². The first-order chi connectivity index (χ1) is 12.7. The van der Waals surface area contributed by atoms with Crippen molar-refractivity contribution in [3.63, 3.8) is 0 Å². The van der Waals surface area contributed by atoms with Gasteiger partial charge in [-0.1, -0.05) is 29.8 Å². The normalized spacial score (nSPS) is 21.8. The second kappa shape index (κ2) is 7.00. The number of rotatable bonds is 5. The molecule has 2 aliphatic heterocycles. The number of carbonyl (C=O) groups excluding carboxylic acids is 1. The fourth-order valence-corrected chi connectivity index (χ4v) is 3.96. The molecule has 1 fully saturated rings. The SMILES string of the molecule is COc1cc(C2C[C@H](c3ccc(C)cc3)N(CC=O)C2)cc2c1OCO2. The van der Waals surface area contributed by atoms with Crippen LogP contribution in [0, 0.1) is 6.92 Å². The minimum Gasteiger partial charge on any atom is -0.493 e. The van der Waals surface area contributed by atoms with E-state index in [9.17, 15) is 4.79 Å². The maximum atomic E-state index is 11.2. The van der Waals surface area contributed by atoms with E-state index in [1.807, 2.05) is 12.1 Å². The number of aldehydes is 1. The molecule has 0 aromatic heterocycles. The van der Waals surface area contributed by atoms with Crippen molar-refractivity contribution < 1.29 is 19.0 Å². The van der Waals surface area contributed by atoms with E-state index >= 15 is 0 Å². The van der Waals surface area contributed by atoms with Crippen molar-refractivity contribution >= 4 is 6.29 Å². The molecule has 2 aromatic carbocycles. The van der Waals surface area contributed by atoms with Crippen LogP contribution in [0.4, 0.5) is 0 Å². The summed E-state index contributed by atoms with van der Waals surface area (Å²) in [6, 6.07) is 12.9. The summed E-state index contributed by atoms with van der Waals surface area (Å²) in [6.07, 6.45) is 1.95. The monoisotopic (exact) mass is 353 g/mol. The summed E-state index contributed by atoms with van der Waals surface area (Å²) in [7, 11) is 1.64. The van der Waals surface area contributed by atoms with Crippen LogP contribution >= 0.6 is 0 Å². The number of likely N-dealkylation sites (tertiary alicyclic amines) is 1. The van der Waals surface area contributed by atoms with Crippen LogP contribution in [0.1, 0.15) is 35.1 Å². The molecule has 4 rings (SSSR count). The number of benzene rings is 2. The molecule has 0 aliphatic carbocycles. The smallest absolute Gasteiger partial charge is 0.231 e. The Morgan fingerprint density at radius 2 is 2.00 bits per heavy atom. The van der Waals surface area contributed by atoms with E-state index in [2.05, 4.69) is 36.1 Å². The van der Waals surface area contributed by atoms with E-state index in [1.165, 1.54) is 11.1 Å². The summed E-state index contributed by atoms with van der Waals surface area (Å²) in [5.74, 6) is 2.43. The van der Waals surface area contributed by atoms with Crippen molar-refractivity contribution in [2.75, 3.05) is 27.0 Å². The van der Waals surface area contributed by atoms with Gasteiger partial charge in [-0.05, 0) is 42.5 Å². The van der Waals surface area contributed by atoms with Gasteiger partial charge in [-0.2, -0.15) is 0 Å². The lowest BCUT2D eigenvalue weighted by molar-refractivity contribution is -0.109. The predicted molar refractivity (Wildman–Crippen MR) is 98.0 cm³/mol. The van der Waals surface area contributed by atoms with Crippen LogP contribution in [0.2, 0.25) is 0 Å². The molecule has 2 aliphatic rings. The molecule has 5 nitrogen and oxygen atoms in total. The Balaban J connectivity index is 1.64. The molecule has 0 radical (unpaired) electrons. The molecule has 0 bridgehead atoms. The minimum atomic E-state index is 0.225. The quantitative estimate of drug-likeness (QED) is 0.771. The lowest BCUT2D eigenvalue weighted by atomic mass is 9.93. The third-order valence-electron chi connectivity index (χ3n) is 5.33. The summed E-state index contributed by atoms with van der Waals surface area (Å²) < 4.78 is 16.5. The Hall–Kier alpha value is -2.53. The third kappa shape index (κ3) is 3.03. The third-order valence-corrected chi connectivity index (χ3v) is 5.33. The topological polar surface area (TPSA) is 48.0 Å². The Labute approximate surface area is 153 Å². The fourth-order valence-electron chi connectivity index (χ4n) is 3.96. The number of nitrogens with zero attached hydrogens (tertiary/aromatic N) is 1. The zero-order valence-corrected chi connectivity index (χ0v) is 15.1. The van der Waals surface area contributed by atoms with Crippen molar-refractivity contribution in [1.29, 1.82) is 0 Å². The highest BCUT2D eigenvalue weighted by atomic mass is 16.7. The number of aryl methyl sites for hydroxylation is 1. The van der Waals surface area contributed by atoms with Crippen LogP contribution < -0.4 is 14.2 Å². The van der Waals surface area contributed by atoms with Crippen molar-refractivity contribution in [3.05, 3.63) is 53.1 Å². The van der Waals surface area contributed by atoms with E-state index < -0.39 is 0 Å². The molecule has 1 unspecified atom stereocenters. The zero-order chi connectivity index (χ0) is 18.1. The molecular weight excluding hydrogens is 330 g/mol. The summed E-state index contributed by atoms with van der Waals surface area (Å²) >= 11 is 0. The highest BCUT2D eigenvalue weighted by Gasteiger charge is 2.35. The molecule has 0 amide bonds. The molecule has 0 spiro atoms. The first-order valence-corrected chi connectivity index (χ1v) is 8.91. The molecule has 0 saturated carbocycles. The molecular formula is C21H23NO4. The van der Waals surface area contributed by atoms with Crippen molar-refractivity contribution in [2.24, 2.45) is 0 Å². The van der Waals surface area contributed by atoms with Gasteiger partial charge < -0.3 is 19.0 Å². The van der Waals surface area contributed by atoms with E-state index in [1.54, 1.807) is 7.11 Å². The highest BCUT2D eigenvalue weighted by Crippen LogP contribution is 2.47. The first-order valence-electron chi connectivity index (χ1n) is 8.91. The van der Waals surface area contributed by atoms with E-state index in [0.717, 1.165) is 30.6 Å². The van der Waals surface area contributed by atoms with Gasteiger partial charge in [-0.15, -0.1) is 0 Å². The molecule has 0 N–H and O–H groups in total. The van der Waals surface area contributed by atoms with Gasteiger partial charge in [0.25, 0.3) is 0 Å². The van der Waals surface area contributed by atoms with Gasteiger partial charge in [0.05, 0.1) is 13.7 Å². The van der Waals surface area contributed by atoms with Gasteiger partial charge in [0, 0.05) is 12.6 Å². The number of ether oxygens (including phenoxy) is 3. The fraction of sp³-hybridized carbons (Fsp3) is 0.381. The zero-order valence-electron chi connectivity index (χ0n) is 15.1. The lowest BCUT2D eigenvalue weighted by Crippen LogP contribution is -2.25.